The molecular formula is C15H23NO3. The van der Waals surface area contributed by atoms with Gasteiger partial charge in [-0.25, -0.2) is 4.79 Å². The van der Waals surface area contributed by atoms with E-state index in [1.807, 2.05) is 6.07 Å². The molecule has 0 unspecified atom stereocenters. The molecule has 0 aromatic carbocycles. The lowest BCUT2D eigenvalue weighted by atomic mass is 10.1. The van der Waals surface area contributed by atoms with Gasteiger partial charge in [-0.05, 0) is 37.8 Å². The molecule has 1 saturated carbocycles. The molecule has 0 saturated heterocycles. The monoisotopic (exact) mass is 265 g/mol. The van der Waals surface area contributed by atoms with Gasteiger partial charge in [0.1, 0.15) is 0 Å². The summed E-state index contributed by atoms with van der Waals surface area (Å²) in [6.45, 7) is 6.33. The summed E-state index contributed by atoms with van der Waals surface area (Å²) >= 11 is 0. The minimum absolute atomic E-state index is 0.345. The van der Waals surface area contributed by atoms with Crippen LogP contribution in [0.2, 0.25) is 0 Å². The zero-order valence-corrected chi connectivity index (χ0v) is 12.0. The third kappa shape index (κ3) is 3.83. The van der Waals surface area contributed by atoms with Crippen LogP contribution in [0.4, 0.5) is 0 Å². The maximum Gasteiger partial charge on any atom is 0.374 e. The highest BCUT2D eigenvalue weighted by atomic mass is 16.5. The topological polar surface area (TPSA) is 42.7 Å². The Morgan fingerprint density at radius 1 is 1.53 bits per heavy atom. The number of hydrogen-bond donors (Lipinski definition) is 0. The molecule has 1 fully saturated rings. The fourth-order valence-corrected chi connectivity index (χ4v) is 2.21. The van der Waals surface area contributed by atoms with E-state index >= 15 is 0 Å². The van der Waals surface area contributed by atoms with Crippen LogP contribution in [0.15, 0.2) is 16.7 Å². The van der Waals surface area contributed by atoms with E-state index in [1.54, 1.807) is 6.26 Å². The quantitative estimate of drug-likeness (QED) is 0.711. The summed E-state index contributed by atoms with van der Waals surface area (Å²) in [4.78, 5) is 14.0. The predicted octanol–water partition coefficient (Wildman–Crippen LogP) is 3.08. The van der Waals surface area contributed by atoms with Gasteiger partial charge in [0.15, 0.2) is 0 Å². The maximum absolute atomic E-state index is 11.6. The first-order valence-electron chi connectivity index (χ1n) is 7.00. The molecule has 0 radical (unpaired) electrons. The van der Waals surface area contributed by atoms with Crippen molar-refractivity contribution in [1.29, 1.82) is 0 Å². The van der Waals surface area contributed by atoms with Crippen molar-refractivity contribution in [2.75, 3.05) is 13.7 Å². The van der Waals surface area contributed by atoms with Crippen LogP contribution in [0.1, 0.15) is 49.2 Å². The Morgan fingerprint density at radius 3 is 2.84 bits per heavy atom. The number of furan rings is 1. The van der Waals surface area contributed by atoms with E-state index < -0.39 is 0 Å². The highest BCUT2D eigenvalue weighted by molar-refractivity contribution is 5.87. The fraction of sp³-hybridized carbons (Fsp3) is 0.667. The van der Waals surface area contributed by atoms with Gasteiger partial charge in [0.2, 0.25) is 5.76 Å². The summed E-state index contributed by atoms with van der Waals surface area (Å²) in [5, 5.41) is 0. The van der Waals surface area contributed by atoms with E-state index in [2.05, 4.69) is 18.7 Å². The lowest BCUT2D eigenvalue weighted by molar-refractivity contribution is 0.0561. The Morgan fingerprint density at radius 2 is 2.26 bits per heavy atom. The van der Waals surface area contributed by atoms with Crippen molar-refractivity contribution < 1.29 is 13.9 Å². The molecule has 0 N–H and O–H groups in total. The van der Waals surface area contributed by atoms with Gasteiger partial charge in [0.05, 0.1) is 13.4 Å². The molecule has 0 aliphatic heterocycles. The number of methoxy groups -OCH3 is 1. The van der Waals surface area contributed by atoms with Gasteiger partial charge in [-0.1, -0.05) is 13.8 Å². The van der Waals surface area contributed by atoms with Crippen LogP contribution in [0, 0.1) is 5.92 Å². The van der Waals surface area contributed by atoms with Crippen LogP contribution in [-0.2, 0) is 11.3 Å². The number of ether oxygens (including phenoxy) is 1. The van der Waals surface area contributed by atoms with Crippen LogP contribution in [0.3, 0.4) is 0 Å². The first kappa shape index (κ1) is 14.1. The van der Waals surface area contributed by atoms with Crippen LogP contribution in [-0.4, -0.2) is 30.6 Å². The third-order valence-corrected chi connectivity index (χ3v) is 3.55. The Kier molecular flexibility index (Phi) is 4.64. The molecule has 4 nitrogen and oxygen atoms in total. The van der Waals surface area contributed by atoms with Gasteiger partial charge in [-0.3, -0.25) is 4.90 Å². The predicted molar refractivity (Wildman–Crippen MR) is 72.9 cm³/mol. The van der Waals surface area contributed by atoms with E-state index in [9.17, 15) is 4.79 Å². The van der Waals surface area contributed by atoms with E-state index in [0.717, 1.165) is 18.7 Å². The SMILES string of the molecule is COC(=O)c1occc1CN(CCC(C)C)C1CC1. The molecule has 2 rings (SSSR count). The molecular weight excluding hydrogens is 242 g/mol. The second-order valence-electron chi connectivity index (χ2n) is 5.65. The van der Waals surface area contributed by atoms with Crippen molar-refractivity contribution in [2.45, 2.75) is 45.7 Å². The number of rotatable bonds is 7. The normalized spacial score (nSPS) is 15.2. The Hall–Kier alpha value is -1.29. The first-order chi connectivity index (χ1) is 9.11. The van der Waals surface area contributed by atoms with E-state index in [1.165, 1.54) is 26.4 Å². The fourth-order valence-electron chi connectivity index (χ4n) is 2.21. The van der Waals surface area contributed by atoms with Crippen molar-refractivity contribution in [1.82, 2.24) is 4.90 Å². The lowest BCUT2D eigenvalue weighted by Gasteiger charge is -2.22. The average molecular weight is 265 g/mol. The Balaban J connectivity index is 2.00. The highest BCUT2D eigenvalue weighted by Crippen LogP contribution is 2.29. The van der Waals surface area contributed by atoms with Gasteiger partial charge < -0.3 is 9.15 Å². The molecule has 0 bridgehead atoms. The highest BCUT2D eigenvalue weighted by Gasteiger charge is 2.30. The summed E-state index contributed by atoms with van der Waals surface area (Å²) in [7, 11) is 1.38. The molecule has 4 heteroatoms. The zero-order valence-electron chi connectivity index (χ0n) is 12.0. The Labute approximate surface area is 114 Å². The molecule has 1 heterocycles. The molecule has 1 aromatic rings. The van der Waals surface area contributed by atoms with Gasteiger partial charge in [-0.2, -0.15) is 0 Å². The van der Waals surface area contributed by atoms with Crippen molar-refractivity contribution in [3.63, 3.8) is 0 Å². The number of esters is 1. The van der Waals surface area contributed by atoms with Crippen LogP contribution < -0.4 is 0 Å². The second kappa shape index (κ2) is 6.24. The molecule has 0 spiro atoms. The van der Waals surface area contributed by atoms with Crippen LogP contribution in [0.5, 0.6) is 0 Å². The molecule has 1 aromatic heterocycles. The van der Waals surface area contributed by atoms with Crippen LogP contribution in [0.25, 0.3) is 0 Å². The van der Waals surface area contributed by atoms with Crippen molar-refractivity contribution >= 4 is 5.97 Å². The number of carbonyl (C=O) groups is 1. The summed E-state index contributed by atoms with van der Waals surface area (Å²) < 4.78 is 9.98. The Bertz CT molecular complexity index is 421. The summed E-state index contributed by atoms with van der Waals surface area (Å²) in [6.07, 6.45) is 5.28. The van der Waals surface area contributed by atoms with Crippen molar-refractivity contribution in [2.24, 2.45) is 5.92 Å². The molecule has 1 aliphatic rings. The standard InChI is InChI=1S/C15H23NO3/c1-11(2)6-8-16(13-4-5-13)10-12-7-9-19-14(12)15(17)18-3/h7,9,11,13H,4-6,8,10H2,1-3H3. The van der Waals surface area contributed by atoms with Gasteiger partial charge in [0.25, 0.3) is 0 Å². The maximum atomic E-state index is 11.6. The smallest absolute Gasteiger partial charge is 0.374 e. The minimum atomic E-state index is -0.389. The minimum Gasteiger partial charge on any atom is -0.463 e. The zero-order chi connectivity index (χ0) is 13.8. The molecule has 1 aliphatic carbocycles. The van der Waals surface area contributed by atoms with Crippen molar-refractivity contribution in [3.05, 3.63) is 23.7 Å². The second-order valence-corrected chi connectivity index (χ2v) is 5.65. The van der Waals surface area contributed by atoms with Crippen molar-refractivity contribution in [3.8, 4) is 0 Å². The van der Waals surface area contributed by atoms with E-state index in [0.29, 0.717) is 17.7 Å². The van der Waals surface area contributed by atoms with Gasteiger partial charge >= 0.3 is 5.97 Å². The number of nitrogens with zero attached hydrogens (tertiary/aromatic N) is 1. The summed E-state index contributed by atoms with van der Waals surface area (Å²) in [6, 6.07) is 2.55. The summed E-state index contributed by atoms with van der Waals surface area (Å²) in [5.41, 5.74) is 0.933. The van der Waals surface area contributed by atoms with Gasteiger partial charge in [-0.15, -0.1) is 0 Å². The van der Waals surface area contributed by atoms with Gasteiger partial charge in [0, 0.05) is 18.2 Å². The summed E-state index contributed by atoms with van der Waals surface area (Å²) in [5.74, 6) is 0.656. The van der Waals surface area contributed by atoms with E-state index in [-0.39, 0.29) is 5.97 Å². The van der Waals surface area contributed by atoms with Crippen LogP contribution >= 0.6 is 0 Å². The largest absolute Gasteiger partial charge is 0.463 e. The number of hydrogen-bond acceptors (Lipinski definition) is 4. The third-order valence-electron chi connectivity index (χ3n) is 3.55. The average Bonchev–Trinajstić information content (AvgIpc) is 3.13. The van der Waals surface area contributed by atoms with E-state index in [4.69, 9.17) is 9.15 Å². The molecule has 0 amide bonds. The molecule has 106 valence electrons. The first-order valence-corrected chi connectivity index (χ1v) is 7.00. The molecule has 19 heavy (non-hydrogen) atoms. The molecule has 0 atom stereocenters. The lowest BCUT2D eigenvalue weighted by Crippen LogP contribution is -2.28. The number of carbonyl (C=O) groups excluding carboxylic acids is 1.